The van der Waals surface area contributed by atoms with Crippen LogP contribution >= 0.6 is 0 Å². The maximum absolute atomic E-state index is 12.7. The number of aryl methyl sites for hydroxylation is 1. The van der Waals surface area contributed by atoms with Crippen molar-refractivity contribution in [2.24, 2.45) is 5.92 Å². The molecule has 1 saturated heterocycles. The maximum atomic E-state index is 12.7. The Balaban J connectivity index is 1.52. The van der Waals surface area contributed by atoms with Gasteiger partial charge < -0.3 is 5.32 Å². The van der Waals surface area contributed by atoms with Crippen LogP contribution in [-0.4, -0.2) is 52.7 Å². The first-order valence-electron chi connectivity index (χ1n) is 9.74. The molecule has 0 amide bonds. The van der Waals surface area contributed by atoms with Crippen LogP contribution in [0.1, 0.15) is 31.0 Å². The topological polar surface area (TPSA) is 49.6 Å². The summed E-state index contributed by atoms with van der Waals surface area (Å²) in [4.78, 5) is 18.7. The van der Waals surface area contributed by atoms with Gasteiger partial charge in [-0.3, -0.25) is 14.1 Å². The van der Waals surface area contributed by atoms with Crippen molar-refractivity contribution in [3.05, 3.63) is 46.0 Å². The third kappa shape index (κ3) is 5.11. The molecular formula is C20H27F3N4O. The highest BCUT2D eigenvalue weighted by Gasteiger charge is 2.33. The summed E-state index contributed by atoms with van der Waals surface area (Å²) in [6.45, 7) is 4.70. The predicted molar refractivity (Wildman–Crippen MR) is 103 cm³/mol. The van der Waals surface area contributed by atoms with Gasteiger partial charge in [-0.25, -0.2) is 4.98 Å². The van der Waals surface area contributed by atoms with Crippen molar-refractivity contribution in [1.82, 2.24) is 19.6 Å². The van der Waals surface area contributed by atoms with E-state index in [1.54, 1.807) is 16.7 Å². The molecule has 154 valence electrons. The summed E-state index contributed by atoms with van der Waals surface area (Å²) in [5.74, 6) is 0.349. The Morgan fingerprint density at radius 2 is 2.00 bits per heavy atom. The van der Waals surface area contributed by atoms with Crippen molar-refractivity contribution in [2.45, 2.75) is 45.3 Å². The average molecular weight is 396 g/mol. The molecule has 0 saturated carbocycles. The molecule has 0 bridgehead atoms. The van der Waals surface area contributed by atoms with E-state index in [4.69, 9.17) is 0 Å². The van der Waals surface area contributed by atoms with Gasteiger partial charge in [0.15, 0.2) is 0 Å². The van der Waals surface area contributed by atoms with Crippen LogP contribution in [-0.2, 0) is 6.42 Å². The molecule has 3 heterocycles. The lowest BCUT2D eigenvalue weighted by atomic mass is 9.90. The highest BCUT2D eigenvalue weighted by molar-refractivity contribution is 5.40. The SMILES string of the molecule is Cc1nc2ccccn2c(=O)c1CCNC(C)C1CCN(CC(F)(F)F)CC1. The van der Waals surface area contributed by atoms with Crippen LogP contribution in [0.25, 0.3) is 5.65 Å². The van der Waals surface area contributed by atoms with Crippen LogP contribution in [0.3, 0.4) is 0 Å². The Hall–Kier alpha value is -1.93. The third-order valence-corrected chi connectivity index (χ3v) is 5.62. The van der Waals surface area contributed by atoms with Gasteiger partial charge in [0.2, 0.25) is 0 Å². The van der Waals surface area contributed by atoms with Crippen molar-refractivity contribution in [3.8, 4) is 0 Å². The molecule has 2 aromatic rings. The lowest BCUT2D eigenvalue weighted by Gasteiger charge is -2.35. The summed E-state index contributed by atoms with van der Waals surface area (Å²) in [6.07, 6.45) is -0.325. The normalized spacial score (nSPS) is 17.9. The van der Waals surface area contributed by atoms with E-state index < -0.39 is 12.7 Å². The van der Waals surface area contributed by atoms with Gasteiger partial charge in [-0.2, -0.15) is 13.2 Å². The van der Waals surface area contributed by atoms with E-state index in [0.29, 0.717) is 43.2 Å². The molecule has 1 N–H and O–H groups in total. The maximum Gasteiger partial charge on any atom is 0.401 e. The van der Waals surface area contributed by atoms with Crippen molar-refractivity contribution in [2.75, 3.05) is 26.2 Å². The van der Waals surface area contributed by atoms with E-state index in [-0.39, 0.29) is 11.6 Å². The Morgan fingerprint density at radius 3 is 2.68 bits per heavy atom. The summed E-state index contributed by atoms with van der Waals surface area (Å²) in [7, 11) is 0. The fraction of sp³-hybridized carbons (Fsp3) is 0.600. The molecule has 0 spiro atoms. The number of fused-ring (bicyclic) bond motifs is 1. The molecule has 1 aliphatic heterocycles. The number of nitrogens with zero attached hydrogens (tertiary/aromatic N) is 3. The molecule has 1 unspecified atom stereocenters. The number of nitrogens with one attached hydrogen (secondary N) is 1. The quantitative estimate of drug-likeness (QED) is 0.816. The standard InChI is InChI=1S/C20H27F3N4O/c1-14(16-7-11-26(12-8-16)13-20(21,22)23)24-9-6-17-15(2)25-18-5-3-4-10-27(18)19(17)28/h3-5,10,14,16,24H,6-9,11-13H2,1-2H3. The third-order valence-electron chi connectivity index (χ3n) is 5.62. The Labute approximate surface area is 162 Å². The minimum atomic E-state index is -4.13. The van der Waals surface area contributed by atoms with Crippen LogP contribution < -0.4 is 10.9 Å². The first-order chi connectivity index (χ1) is 13.2. The molecule has 0 aromatic carbocycles. The fourth-order valence-electron chi connectivity index (χ4n) is 3.98. The minimum absolute atomic E-state index is 0.0435. The first kappa shape index (κ1) is 20.8. The van der Waals surface area contributed by atoms with Gasteiger partial charge in [-0.1, -0.05) is 6.07 Å². The largest absolute Gasteiger partial charge is 0.401 e. The highest BCUT2D eigenvalue weighted by Crippen LogP contribution is 2.24. The number of pyridine rings is 1. The summed E-state index contributed by atoms with van der Waals surface area (Å²) < 4.78 is 39.1. The van der Waals surface area contributed by atoms with Crippen LogP contribution in [0, 0.1) is 12.8 Å². The highest BCUT2D eigenvalue weighted by atomic mass is 19.4. The number of alkyl halides is 3. The number of likely N-dealkylation sites (tertiary alicyclic amines) is 1. The van der Waals surface area contributed by atoms with Gasteiger partial charge in [0, 0.05) is 23.5 Å². The van der Waals surface area contributed by atoms with E-state index in [9.17, 15) is 18.0 Å². The lowest BCUT2D eigenvalue weighted by molar-refractivity contribution is -0.148. The second kappa shape index (κ2) is 8.61. The van der Waals surface area contributed by atoms with E-state index in [1.807, 2.05) is 19.1 Å². The molecule has 8 heteroatoms. The van der Waals surface area contributed by atoms with Gasteiger partial charge in [0.05, 0.1) is 6.54 Å². The molecule has 5 nitrogen and oxygen atoms in total. The first-order valence-corrected chi connectivity index (χ1v) is 9.74. The molecule has 2 aromatic heterocycles. The monoisotopic (exact) mass is 396 g/mol. The van der Waals surface area contributed by atoms with Crippen LogP contribution in [0.15, 0.2) is 29.2 Å². The van der Waals surface area contributed by atoms with Crippen molar-refractivity contribution in [3.63, 3.8) is 0 Å². The Bertz CT molecular complexity index is 857. The van der Waals surface area contributed by atoms with Crippen molar-refractivity contribution >= 4 is 5.65 Å². The van der Waals surface area contributed by atoms with Crippen LogP contribution in [0.2, 0.25) is 0 Å². The number of hydrogen-bond donors (Lipinski definition) is 1. The van der Waals surface area contributed by atoms with Gasteiger partial charge in [-0.05, 0) is 70.8 Å². The fourth-order valence-corrected chi connectivity index (χ4v) is 3.98. The summed E-state index contributed by atoms with van der Waals surface area (Å²) in [5.41, 5.74) is 2.04. The van der Waals surface area contributed by atoms with E-state index in [1.165, 1.54) is 4.90 Å². The Kier molecular flexibility index (Phi) is 6.40. The minimum Gasteiger partial charge on any atom is -0.314 e. The molecular weight excluding hydrogens is 369 g/mol. The lowest BCUT2D eigenvalue weighted by Crippen LogP contribution is -2.45. The van der Waals surface area contributed by atoms with Crippen molar-refractivity contribution in [1.29, 1.82) is 0 Å². The number of hydrogen-bond acceptors (Lipinski definition) is 4. The molecule has 1 fully saturated rings. The van der Waals surface area contributed by atoms with Gasteiger partial charge in [0.25, 0.3) is 5.56 Å². The zero-order valence-corrected chi connectivity index (χ0v) is 16.3. The number of halogens is 3. The molecule has 0 aliphatic carbocycles. The van der Waals surface area contributed by atoms with Crippen LogP contribution in [0.5, 0.6) is 0 Å². The number of rotatable bonds is 6. The van der Waals surface area contributed by atoms with Gasteiger partial charge in [0.1, 0.15) is 5.65 Å². The summed E-state index contributed by atoms with van der Waals surface area (Å²) in [5, 5.41) is 3.45. The smallest absolute Gasteiger partial charge is 0.314 e. The zero-order valence-electron chi connectivity index (χ0n) is 16.3. The van der Waals surface area contributed by atoms with E-state index in [2.05, 4.69) is 17.2 Å². The Morgan fingerprint density at radius 1 is 1.29 bits per heavy atom. The number of aromatic nitrogens is 2. The summed E-state index contributed by atoms with van der Waals surface area (Å²) in [6, 6.07) is 5.67. The van der Waals surface area contributed by atoms with Crippen molar-refractivity contribution < 1.29 is 13.2 Å². The average Bonchev–Trinajstić information content (AvgIpc) is 2.63. The second-order valence-corrected chi connectivity index (χ2v) is 7.63. The molecule has 3 rings (SSSR count). The predicted octanol–water partition coefficient (Wildman–Crippen LogP) is 2.80. The van der Waals surface area contributed by atoms with E-state index >= 15 is 0 Å². The number of piperidine rings is 1. The van der Waals surface area contributed by atoms with Crippen LogP contribution in [0.4, 0.5) is 13.2 Å². The van der Waals surface area contributed by atoms with E-state index in [0.717, 1.165) is 18.5 Å². The van der Waals surface area contributed by atoms with Gasteiger partial charge >= 0.3 is 6.18 Å². The molecule has 1 atom stereocenters. The molecule has 0 radical (unpaired) electrons. The molecule has 1 aliphatic rings. The zero-order chi connectivity index (χ0) is 20.3. The van der Waals surface area contributed by atoms with Gasteiger partial charge in [-0.15, -0.1) is 0 Å². The molecule has 28 heavy (non-hydrogen) atoms. The summed E-state index contributed by atoms with van der Waals surface area (Å²) >= 11 is 0. The second-order valence-electron chi connectivity index (χ2n) is 7.63.